The van der Waals surface area contributed by atoms with Gasteiger partial charge in [0, 0.05) is 25.2 Å². The summed E-state index contributed by atoms with van der Waals surface area (Å²) in [5.41, 5.74) is 0.547. The Morgan fingerprint density at radius 2 is 2.33 bits per heavy atom. The molecule has 1 atom stereocenters. The van der Waals surface area contributed by atoms with Crippen molar-refractivity contribution in [1.29, 1.82) is 0 Å². The summed E-state index contributed by atoms with van der Waals surface area (Å²) < 4.78 is 1.54. The van der Waals surface area contributed by atoms with Gasteiger partial charge in [-0.25, -0.2) is 0 Å². The molecule has 0 aliphatic carbocycles. The third kappa shape index (κ3) is 2.96. The van der Waals surface area contributed by atoms with E-state index in [0.29, 0.717) is 17.5 Å². The van der Waals surface area contributed by atoms with E-state index in [1.807, 2.05) is 13.8 Å². The van der Waals surface area contributed by atoms with E-state index >= 15 is 0 Å². The van der Waals surface area contributed by atoms with Crippen LogP contribution in [0.5, 0.6) is 0 Å². The van der Waals surface area contributed by atoms with Gasteiger partial charge in [-0.15, -0.1) is 11.6 Å². The molecule has 1 heterocycles. The number of rotatable bonds is 4. The number of carbonyl (C=O) groups is 1. The molecule has 0 bridgehead atoms. The van der Waals surface area contributed by atoms with E-state index in [1.165, 1.54) is 0 Å². The number of carbonyl (C=O) groups excluding carboxylic acids is 1. The number of alkyl halides is 1. The van der Waals surface area contributed by atoms with Crippen LogP contribution in [0.2, 0.25) is 0 Å². The van der Waals surface area contributed by atoms with Gasteiger partial charge in [0.15, 0.2) is 0 Å². The maximum Gasteiger partial charge on any atom is 0.269 e. The number of aryl methyl sites for hydroxylation is 1. The first-order valence-electron chi connectivity index (χ1n) is 4.91. The van der Waals surface area contributed by atoms with Crippen molar-refractivity contribution in [2.45, 2.75) is 19.9 Å². The number of amides is 1. The van der Waals surface area contributed by atoms with Crippen molar-refractivity contribution < 1.29 is 4.79 Å². The van der Waals surface area contributed by atoms with E-state index in [4.69, 9.17) is 11.6 Å². The van der Waals surface area contributed by atoms with Crippen LogP contribution in [0.4, 0.5) is 0 Å². The van der Waals surface area contributed by atoms with E-state index in [1.54, 1.807) is 24.0 Å². The first kappa shape index (κ1) is 12.0. The minimum absolute atomic E-state index is 0.00549. The summed E-state index contributed by atoms with van der Waals surface area (Å²) in [5, 5.41) is 6.82. The molecule has 0 saturated carbocycles. The van der Waals surface area contributed by atoms with Crippen LogP contribution in [-0.2, 0) is 7.05 Å². The molecule has 0 aliphatic rings. The summed E-state index contributed by atoms with van der Waals surface area (Å²) in [6.07, 6.45) is 1.60. The van der Waals surface area contributed by atoms with Crippen LogP contribution in [0.3, 0.4) is 0 Å². The smallest absolute Gasteiger partial charge is 0.269 e. The highest BCUT2D eigenvalue weighted by atomic mass is 35.5. The summed E-state index contributed by atoms with van der Waals surface area (Å²) in [6, 6.07) is 1.68. The topological polar surface area (TPSA) is 46.9 Å². The van der Waals surface area contributed by atoms with Gasteiger partial charge >= 0.3 is 0 Å². The fourth-order valence-corrected chi connectivity index (χ4v) is 1.66. The van der Waals surface area contributed by atoms with Gasteiger partial charge in [-0.1, -0.05) is 13.8 Å². The molecule has 0 aliphatic heterocycles. The van der Waals surface area contributed by atoms with Crippen molar-refractivity contribution in [1.82, 2.24) is 15.1 Å². The summed E-state index contributed by atoms with van der Waals surface area (Å²) in [4.78, 5) is 11.8. The third-order valence-electron chi connectivity index (χ3n) is 2.34. The Bertz CT molecular complexity index is 335. The van der Waals surface area contributed by atoms with Gasteiger partial charge < -0.3 is 5.32 Å². The predicted octanol–water partition coefficient (Wildman–Crippen LogP) is 1.41. The van der Waals surface area contributed by atoms with E-state index in [2.05, 4.69) is 10.4 Å². The van der Waals surface area contributed by atoms with Crippen molar-refractivity contribution in [2.75, 3.05) is 5.88 Å². The van der Waals surface area contributed by atoms with E-state index in [-0.39, 0.29) is 11.9 Å². The molecule has 84 valence electrons. The molecule has 4 nitrogen and oxygen atoms in total. The number of hydrogen-bond donors (Lipinski definition) is 1. The molecule has 0 saturated heterocycles. The fraction of sp³-hybridized carbons (Fsp3) is 0.600. The molecule has 5 heteroatoms. The lowest BCUT2D eigenvalue weighted by atomic mass is 10.1. The average Bonchev–Trinajstić information content (AvgIpc) is 2.60. The van der Waals surface area contributed by atoms with Gasteiger partial charge in [0.25, 0.3) is 5.91 Å². The second-order valence-corrected chi connectivity index (χ2v) is 4.13. The largest absolute Gasteiger partial charge is 0.347 e. The second kappa shape index (κ2) is 5.16. The highest BCUT2D eigenvalue weighted by Gasteiger charge is 2.17. The summed E-state index contributed by atoms with van der Waals surface area (Å²) in [6.45, 7) is 4.05. The van der Waals surface area contributed by atoms with E-state index in [0.717, 1.165) is 0 Å². The number of nitrogens with zero attached hydrogens (tertiary/aromatic N) is 2. The zero-order chi connectivity index (χ0) is 11.4. The van der Waals surface area contributed by atoms with Crippen LogP contribution in [0.25, 0.3) is 0 Å². The molecular formula is C10H16ClN3O. The lowest BCUT2D eigenvalue weighted by Crippen LogP contribution is -2.40. The fourth-order valence-electron chi connectivity index (χ4n) is 1.22. The molecule has 1 amide bonds. The Morgan fingerprint density at radius 3 is 2.73 bits per heavy atom. The van der Waals surface area contributed by atoms with Crippen molar-refractivity contribution in [3.63, 3.8) is 0 Å². The van der Waals surface area contributed by atoms with Crippen LogP contribution in [0.1, 0.15) is 24.3 Å². The summed E-state index contributed by atoms with van der Waals surface area (Å²) in [7, 11) is 1.74. The van der Waals surface area contributed by atoms with Crippen molar-refractivity contribution in [3.8, 4) is 0 Å². The van der Waals surface area contributed by atoms with Crippen molar-refractivity contribution in [2.24, 2.45) is 13.0 Å². The minimum atomic E-state index is -0.130. The molecular weight excluding hydrogens is 214 g/mol. The normalized spacial score (nSPS) is 12.9. The van der Waals surface area contributed by atoms with Crippen LogP contribution >= 0.6 is 11.6 Å². The zero-order valence-corrected chi connectivity index (χ0v) is 9.95. The molecule has 0 spiro atoms. The first-order chi connectivity index (χ1) is 7.06. The van der Waals surface area contributed by atoms with E-state index < -0.39 is 0 Å². The molecule has 1 N–H and O–H groups in total. The molecule has 0 fully saturated rings. The Hall–Kier alpha value is -1.03. The average molecular weight is 230 g/mol. The summed E-state index contributed by atoms with van der Waals surface area (Å²) in [5.74, 6) is 0.607. The second-order valence-electron chi connectivity index (χ2n) is 3.82. The van der Waals surface area contributed by atoms with Gasteiger partial charge in [0.05, 0.1) is 0 Å². The van der Waals surface area contributed by atoms with Gasteiger partial charge in [0.1, 0.15) is 5.69 Å². The number of nitrogens with one attached hydrogen (secondary N) is 1. The molecule has 1 unspecified atom stereocenters. The molecule has 15 heavy (non-hydrogen) atoms. The predicted molar refractivity (Wildman–Crippen MR) is 60.0 cm³/mol. The highest BCUT2D eigenvalue weighted by Crippen LogP contribution is 2.05. The number of halogens is 1. The van der Waals surface area contributed by atoms with Crippen LogP contribution in [0.15, 0.2) is 12.3 Å². The lowest BCUT2D eigenvalue weighted by molar-refractivity contribution is 0.0921. The van der Waals surface area contributed by atoms with Crippen molar-refractivity contribution >= 4 is 17.5 Å². The number of hydrogen-bond acceptors (Lipinski definition) is 2. The van der Waals surface area contributed by atoms with Crippen LogP contribution in [0, 0.1) is 5.92 Å². The zero-order valence-electron chi connectivity index (χ0n) is 9.20. The Balaban J connectivity index is 2.67. The van der Waals surface area contributed by atoms with Crippen LogP contribution < -0.4 is 5.32 Å². The molecule has 1 aromatic rings. The monoisotopic (exact) mass is 229 g/mol. The Morgan fingerprint density at radius 1 is 1.67 bits per heavy atom. The van der Waals surface area contributed by atoms with Gasteiger partial charge in [-0.2, -0.15) is 5.10 Å². The maximum atomic E-state index is 11.8. The lowest BCUT2D eigenvalue weighted by Gasteiger charge is -2.19. The van der Waals surface area contributed by atoms with Gasteiger partial charge in [0.2, 0.25) is 0 Å². The van der Waals surface area contributed by atoms with Gasteiger partial charge in [-0.3, -0.25) is 9.48 Å². The first-order valence-corrected chi connectivity index (χ1v) is 5.44. The Labute approximate surface area is 94.6 Å². The highest BCUT2D eigenvalue weighted by molar-refractivity contribution is 6.18. The quantitative estimate of drug-likeness (QED) is 0.794. The molecule has 0 radical (unpaired) electrons. The van der Waals surface area contributed by atoms with Crippen molar-refractivity contribution in [3.05, 3.63) is 18.0 Å². The maximum absolute atomic E-state index is 11.8. The molecule has 1 aromatic heterocycles. The Kier molecular flexibility index (Phi) is 4.15. The third-order valence-corrected chi connectivity index (χ3v) is 2.67. The number of aromatic nitrogens is 2. The summed E-state index contributed by atoms with van der Waals surface area (Å²) >= 11 is 5.77. The standard InChI is InChI=1S/C10H16ClN3O/c1-7(2)8(6-11)13-10(15)9-4-5-12-14(9)3/h4-5,7-8H,6H2,1-3H3,(H,13,15). The molecule has 1 rings (SSSR count). The van der Waals surface area contributed by atoms with Crippen LogP contribution in [-0.4, -0.2) is 27.6 Å². The molecule has 0 aromatic carbocycles. The van der Waals surface area contributed by atoms with Gasteiger partial charge in [-0.05, 0) is 12.0 Å². The minimum Gasteiger partial charge on any atom is -0.347 e. The SMILES string of the molecule is CC(C)C(CCl)NC(=O)c1ccnn1C. The van der Waals surface area contributed by atoms with E-state index in [9.17, 15) is 4.79 Å².